The van der Waals surface area contributed by atoms with Gasteiger partial charge in [0.05, 0.1) is 0 Å². The minimum Gasteiger partial charge on any atom is -0.481 e. The highest BCUT2D eigenvalue weighted by atomic mass is 16.4. The molecule has 0 aliphatic rings. The Morgan fingerprint density at radius 2 is 1.16 bits per heavy atom. The number of aliphatic hydroxyl groups is 1. The predicted molar refractivity (Wildman–Crippen MR) is 134 cm³/mol. The average molecular weight is 436 g/mol. The molecule has 0 heterocycles. The molecule has 0 aliphatic heterocycles. The van der Waals surface area contributed by atoms with Crippen LogP contribution in [0.15, 0.2) is 30.3 Å². The molecule has 31 heavy (non-hydrogen) atoms. The van der Waals surface area contributed by atoms with Crippen molar-refractivity contribution < 1.29 is 15.0 Å². The first kappa shape index (κ1) is 29.5. The fourth-order valence-electron chi connectivity index (χ4n) is 3.52. The van der Waals surface area contributed by atoms with E-state index in [-0.39, 0.29) is 6.61 Å². The smallest absolute Gasteiger partial charge is 0.303 e. The second kappa shape index (κ2) is 24.7. The van der Waals surface area contributed by atoms with E-state index < -0.39 is 5.97 Å². The molecular formula is C27H49NO3. The van der Waals surface area contributed by atoms with Crippen molar-refractivity contribution in [1.82, 2.24) is 0 Å². The number of para-hydroxylation sites is 1. The van der Waals surface area contributed by atoms with Gasteiger partial charge in [-0.15, -0.1) is 0 Å². The molecule has 0 aliphatic carbocycles. The Labute approximate surface area is 191 Å². The molecule has 0 saturated carbocycles. The summed E-state index contributed by atoms with van der Waals surface area (Å²) >= 11 is 0. The standard InChI is InChI=1S/C18H36O2.C9H13NO/c1-2-3-4-5-6-7-8-9-10-11-12-13-14-15-16-17-18(19)20;11-8-4-7-10-9-5-2-1-3-6-9/h2-17H2,1H3,(H,19,20);1-3,5-6,10-11H,4,7-8H2. The summed E-state index contributed by atoms with van der Waals surface area (Å²) in [5, 5.41) is 20.2. The fourth-order valence-corrected chi connectivity index (χ4v) is 3.52. The van der Waals surface area contributed by atoms with Gasteiger partial charge in [-0.2, -0.15) is 0 Å². The van der Waals surface area contributed by atoms with Crippen LogP contribution in [0.2, 0.25) is 0 Å². The lowest BCUT2D eigenvalue weighted by Crippen LogP contribution is -2.02. The molecule has 4 heteroatoms. The third kappa shape index (κ3) is 24.6. The molecule has 0 saturated heterocycles. The molecule has 0 bridgehead atoms. The van der Waals surface area contributed by atoms with Crippen LogP contribution in [0.5, 0.6) is 0 Å². The maximum atomic E-state index is 10.3. The first-order valence-corrected chi connectivity index (χ1v) is 12.8. The Hall–Kier alpha value is -1.55. The number of hydrogen-bond donors (Lipinski definition) is 3. The summed E-state index contributed by atoms with van der Waals surface area (Å²) in [7, 11) is 0. The zero-order chi connectivity index (χ0) is 22.8. The normalized spacial score (nSPS) is 10.4. The van der Waals surface area contributed by atoms with Gasteiger partial charge in [0.25, 0.3) is 0 Å². The second-order valence-corrected chi connectivity index (χ2v) is 8.46. The van der Waals surface area contributed by atoms with E-state index in [0.717, 1.165) is 31.5 Å². The molecule has 0 atom stereocenters. The van der Waals surface area contributed by atoms with E-state index in [1.54, 1.807) is 0 Å². The highest BCUT2D eigenvalue weighted by Gasteiger charge is 1.97. The number of carbonyl (C=O) groups is 1. The first-order valence-electron chi connectivity index (χ1n) is 12.8. The maximum absolute atomic E-state index is 10.3. The van der Waals surface area contributed by atoms with Crippen LogP contribution in [0.1, 0.15) is 116 Å². The lowest BCUT2D eigenvalue weighted by atomic mass is 10.0. The van der Waals surface area contributed by atoms with Crippen LogP contribution in [0, 0.1) is 0 Å². The molecule has 0 amide bonds. The molecule has 4 nitrogen and oxygen atoms in total. The highest BCUT2D eigenvalue weighted by molar-refractivity contribution is 5.66. The number of unbranched alkanes of at least 4 members (excludes halogenated alkanes) is 14. The van der Waals surface area contributed by atoms with E-state index in [4.69, 9.17) is 10.2 Å². The fraction of sp³-hybridized carbons (Fsp3) is 0.741. The van der Waals surface area contributed by atoms with Crippen molar-refractivity contribution in [3.8, 4) is 0 Å². The minimum absolute atomic E-state index is 0.250. The Balaban J connectivity index is 0.000000683. The molecule has 3 N–H and O–H groups in total. The largest absolute Gasteiger partial charge is 0.481 e. The SMILES string of the molecule is CCCCCCCCCCCCCCCCCC(=O)O.OCCCNc1ccccc1. The van der Waals surface area contributed by atoms with Crippen molar-refractivity contribution in [2.75, 3.05) is 18.5 Å². The number of carboxylic acid groups (broad SMARTS) is 1. The quantitative estimate of drug-likeness (QED) is 0.183. The topological polar surface area (TPSA) is 69.6 Å². The number of carboxylic acids is 1. The van der Waals surface area contributed by atoms with E-state index in [2.05, 4.69) is 12.2 Å². The van der Waals surface area contributed by atoms with E-state index in [9.17, 15) is 4.79 Å². The molecule has 180 valence electrons. The number of aliphatic carboxylic acids is 1. The van der Waals surface area contributed by atoms with Crippen LogP contribution in [-0.4, -0.2) is 29.3 Å². The van der Waals surface area contributed by atoms with Crippen molar-refractivity contribution in [3.05, 3.63) is 30.3 Å². The van der Waals surface area contributed by atoms with Crippen molar-refractivity contribution in [3.63, 3.8) is 0 Å². The molecule has 1 aromatic carbocycles. The van der Waals surface area contributed by atoms with Gasteiger partial charge in [0.1, 0.15) is 0 Å². The summed E-state index contributed by atoms with van der Waals surface area (Å²) in [5.74, 6) is -0.653. The summed E-state index contributed by atoms with van der Waals surface area (Å²) in [5.41, 5.74) is 1.11. The second-order valence-electron chi connectivity index (χ2n) is 8.46. The van der Waals surface area contributed by atoms with Crippen molar-refractivity contribution in [2.45, 2.75) is 116 Å². The van der Waals surface area contributed by atoms with Crippen LogP contribution < -0.4 is 5.32 Å². The van der Waals surface area contributed by atoms with Gasteiger partial charge in [-0.3, -0.25) is 4.79 Å². The predicted octanol–water partition coefficient (Wildman–Crippen LogP) is 7.81. The number of rotatable bonds is 20. The number of benzene rings is 1. The number of nitrogens with one attached hydrogen (secondary N) is 1. The van der Waals surface area contributed by atoms with E-state index >= 15 is 0 Å². The van der Waals surface area contributed by atoms with Crippen molar-refractivity contribution >= 4 is 11.7 Å². The van der Waals surface area contributed by atoms with Gasteiger partial charge in [-0.05, 0) is 25.0 Å². The zero-order valence-electron chi connectivity index (χ0n) is 20.1. The maximum Gasteiger partial charge on any atom is 0.303 e. The Bertz CT molecular complexity index is 479. The lowest BCUT2D eigenvalue weighted by molar-refractivity contribution is -0.137. The van der Waals surface area contributed by atoms with Gasteiger partial charge in [0.15, 0.2) is 0 Å². The Morgan fingerprint density at radius 1 is 0.710 bits per heavy atom. The average Bonchev–Trinajstić information content (AvgIpc) is 2.77. The summed E-state index contributed by atoms with van der Waals surface area (Å²) in [6.07, 6.45) is 21.0. The monoisotopic (exact) mass is 435 g/mol. The van der Waals surface area contributed by atoms with E-state index in [1.165, 1.54) is 83.5 Å². The summed E-state index contributed by atoms with van der Waals surface area (Å²) in [4.78, 5) is 10.3. The third-order valence-corrected chi connectivity index (χ3v) is 5.43. The summed E-state index contributed by atoms with van der Waals surface area (Å²) in [6, 6.07) is 9.98. The van der Waals surface area contributed by atoms with E-state index in [0.29, 0.717) is 6.42 Å². The molecule has 1 rings (SSSR count). The molecule has 0 unspecified atom stereocenters. The molecular weight excluding hydrogens is 386 g/mol. The summed E-state index contributed by atoms with van der Waals surface area (Å²) < 4.78 is 0. The zero-order valence-corrected chi connectivity index (χ0v) is 20.1. The van der Waals surface area contributed by atoms with Crippen LogP contribution in [-0.2, 0) is 4.79 Å². The highest BCUT2D eigenvalue weighted by Crippen LogP contribution is 2.13. The molecule has 0 aromatic heterocycles. The van der Waals surface area contributed by atoms with Gasteiger partial charge < -0.3 is 15.5 Å². The minimum atomic E-state index is -0.653. The first-order chi connectivity index (χ1) is 15.2. The van der Waals surface area contributed by atoms with Gasteiger partial charge in [0.2, 0.25) is 0 Å². The lowest BCUT2D eigenvalue weighted by Gasteiger charge is -2.03. The molecule has 0 radical (unpaired) electrons. The third-order valence-electron chi connectivity index (χ3n) is 5.43. The molecule has 1 aromatic rings. The summed E-state index contributed by atoms with van der Waals surface area (Å²) in [6.45, 7) is 3.35. The van der Waals surface area contributed by atoms with Crippen LogP contribution in [0.25, 0.3) is 0 Å². The van der Waals surface area contributed by atoms with Crippen molar-refractivity contribution in [1.29, 1.82) is 0 Å². The number of hydrogen-bond acceptors (Lipinski definition) is 3. The van der Waals surface area contributed by atoms with Crippen LogP contribution >= 0.6 is 0 Å². The van der Waals surface area contributed by atoms with Crippen LogP contribution in [0.3, 0.4) is 0 Å². The van der Waals surface area contributed by atoms with Gasteiger partial charge in [0, 0.05) is 25.3 Å². The van der Waals surface area contributed by atoms with E-state index in [1.807, 2.05) is 30.3 Å². The molecule has 0 spiro atoms. The number of anilines is 1. The van der Waals surface area contributed by atoms with Crippen LogP contribution in [0.4, 0.5) is 5.69 Å². The van der Waals surface area contributed by atoms with Gasteiger partial charge in [-0.1, -0.05) is 115 Å². The van der Waals surface area contributed by atoms with Gasteiger partial charge in [-0.25, -0.2) is 0 Å². The Morgan fingerprint density at radius 3 is 1.58 bits per heavy atom. The molecule has 0 fully saturated rings. The number of aliphatic hydroxyl groups excluding tert-OH is 1. The Kier molecular flexibility index (Phi) is 23.5. The van der Waals surface area contributed by atoms with Gasteiger partial charge >= 0.3 is 5.97 Å². The van der Waals surface area contributed by atoms with Crippen molar-refractivity contribution in [2.24, 2.45) is 0 Å².